The van der Waals surface area contributed by atoms with Crippen LogP contribution in [0.5, 0.6) is 0 Å². The molecule has 0 bridgehead atoms. The van der Waals surface area contributed by atoms with Crippen LogP contribution < -0.4 is 0 Å². The van der Waals surface area contributed by atoms with E-state index in [1.54, 1.807) is 22.5 Å². The maximum atomic E-state index is 12.8. The number of aryl methyl sites for hydroxylation is 1. The Kier molecular flexibility index (Phi) is 5.94. The van der Waals surface area contributed by atoms with Crippen molar-refractivity contribution >= 4 is 16.0 Å². The summed E-state index contributed by atoms with van der Waals surface area (Å²) in [5, 5.41) is 0. The summed E-state index contributed by atoms with van der Waals surface area (Å²) < 4.78 is 31.8. The summed E-state index contributed by atoms with van der Waals surface area (Å²) >= 11 is 0. The van der Waals surface area contributed by atoms with Gasteiger partial charge in [-0.05, 0) is 36.8 Å². The van der Waals surface area contributed by atoms with E-state index in [2.05, 4.69) is 4.90 Å². The number of carbonyl (C=O) groups excluding carboxylic acids is 1. The Labute approximate surface area is 160 Å². The second-order valence-corrected chi connectivity index (χ2v) is 8.62. The van der Waals surface area contributed by atoms with Gasteiger partial charge in [0.1, 0.15) is 0 Å². The molecule has 0 aliphatic carbocycles. The molecule has 0 spiro atoms. The number of carbonyl (C=O) groups is 1. The molecule has 27 heavy (non-hydrogen) atoms. The summed E-state index contributed by atoms with van der Waals surface area (Å²) in [5.41, 5.74) is 2.57. The van der Waals surface area contributed by atoms with Crippen LogP contribution in [0, 0.1) is 6.92 Å². The largest absolute Gasteiger partial charge is 0.465 e. The first-order valence-electron chi connectivity index (χ1n) is 8.86. The standard InChI is InChI=1S/C20H24N2O4S/c1-16-6-8-19(9-7-16)27(24,25)22-12-10-21(11-13-22)15-17-4-3-5-18(14-17)20(23)26-2/h3-9,14H,10-13,15H2,1-2H3. The normalized spacial score (nSPS) is 16.2. The van der Waals surface area contributed by atoms with Crippen molar-refractivity contribution in [2.75, 3.05) is 33.3 Å². The third-order valence-corrected chi connectivity index (χ3v) is 6.66. The van der Waals surface area contributed by atoms with Gasteiger partial charge in [-0.25, -0.2) is 13.2 Å². The molecule has 1 aliphatic rings. The molecule has 144 valence electrons. The van der Waals surface area contributed by atoms with Gasteiger partial charge in [0, 0.05) is 32.7 Å². The molecule has 1 fully saturated rings. The number of sulfonamides is 1. The fraction of sp³-hybridized carbons (Fsp3) is 0.350. The minimum Gasteiger partial charge on any atom is -0.465 e. The fourth-order valence-corrected chi connectivity index (χ4v) is 4.58. The molecule has 0 saturated carbocycles. The lowest BCUT2D eigenvalue weighted by Crippen LogP contribution is -2.48. The highest BCUT2D eigenvalue weighted by atomic mass is 32.2. The van der Waals surface area contributed by atoms with Gasteiger partial charge in [-0.3, -0.25) is 4.90 Å². The summed E-state index contributed by atoms with van der Waals surface area (Å²) in [7, 11) is -2.09. The Hall–Kier alpha value is -2.22. The molecule has 2 aromatic carbocycles. The van der Waals surface area contributed by atoms with Crippen LogP contribution in [0.25, 0.3) is 0 Å². The minimum absolute atomic E-state index is 0.340. The van der Waals surface area contributed by atoms with E-state index in [9.17, 15) is 13.2 Å². The van der Waals surface area contributed by atoms with Gasteiger partial charge in [0.05, 0.1) is 17.6 Å². The third-order valence-electron chi connectivity index (χ3n) is 4.74. The Bertz CT molecular complexity index is 902. The molecular weight excluding hydrogens is 364 g/mol. The number of nitrogens with zero attached hydrogens (tertiary/aromatic N) is 2. The second-order valence-electron chi connectivity index (χ2n) is 6.69. The molecule has 1 saturated heterocycles. The maximum Gasteiger partial charge on any atom is 0.337 e. The van der Waals surface area contributed by atoms with Crippen LogP contribution in [0.3, 0.4) is 0 Å². The average molecular weight is 388 g/mol. The molecule has 1 heterocycles. The molecule has 0 N–H and O–H groups in total. The molecule has 0 unspecified atom stereocenters. The highest BCUT2D eigenvalue weighted by molar-refractivity contribution is 7.89. The van der Waals surface area contributed by atoms with E-state index in [0.29, 0.717) is 43.2 Å². The van der Waals surface area contributed by atoms with Crippen molar-refractivity contribution in [3.05, 3.63) is 65.2 Å². The first-order chi connectivity index (χ1) is 12.9. The molecule has 0 aromatic heterocycles. The van der Waals surface area contributed by atoms with Gasteiger partial charge < -0.3 is 4.74 Å². The minimum atomic E-state index is -3.45. The van der Waals surface area contributed by atoms with Gasteiger partial charge in [-0.1, -0.05) is 29.8 Å². The lowest BCUT2D eigenvalue weighted by molar-refractivity contribution is 0.0600. The lowest BCUT2D eigenvalue weighted by Gasteiger charge is -2.34. The van der Waals surface area contributed by atoms with Gasteiger partial charge in [0.2, 0.25) is 10.0 Å². The monoisotopic (exact) mass is 388 g/mol. The van der Waals surface area contributed by atoms with Gasteiger partial charge >= 0.3 is 5.97 Å². The van der Waals surface area contributed by atoms with Crippen LogP contribution in [0.1, 0.15) is 21.5 Å². The zero-order chi connectivity index (χ0) is 19.4. The zero-order valence-electron chi connectivity index (χ0n) is 15.6. The van der Waals surface area contributed by atoms with E-state index in [1.807, 2.05) is 37.3 Å². The van der Waals surface area contributed by atoms with Crippen molar-refractivity contribution in [1.29, 1.82) is 0 Å². The van der Waals surface area contributed by atoms with Crippen molar-refractivity contribution in [2.24, 2.45) is 0 Å². The van der Waals surface area contributed by atoms with Crippen molar-refractivity contribution < 1.29 is 17.9 Å². The number of rotatable bonds is 5. The van der Waals surface area contributed by atoms with Gasteiger partial charge in [-0.2, -0.15) is 4.31 Å². The Balaban J connectivity index is 1.62. The average Bonchev–Trinajstić information content (AvgIpc) is 2.68. The number of hydrogen-bond donors (Lipinski definition) is 0. The Morgan fingerprint density at radius 1 is 1.04 bits per heavy atom. The van der Waals surface area contributed by atoms with Crippen LogP contribution in [-0.2, 0) is 21.3 Å². The van der Waals surface area contributed by atoms with E-state index in [0.717, 1.165) is 11.1 Å². The second kappa shape index (κ2) is 8.21. The molecular formula is C20H24N2O4S. The van der Waals surface area contributed by atoms with Crippen LogP contribution in [0.4, 0.5) is 0 Å². The Morgan fingerprint density at radius 3 is 2.33 bits per heavy atom. The number of piperazine rings is 1. The quantitative estimate of drug-likeness (QED) is 0.735. The number of methoxy groups -OCH3 is 1. The highest BCUT2D eigenvalue weighted by Gasteiger charge is 2.28. The topological polar surface area (TPSA) is 66.9 Å². The smallest absolute Gasteiger partial charge is 0.337 e. The number of hydrogen-bond acceptors (Lipinski definition) is 5. The summed E-state index contributed by atoms with van der Waals surface area (Å²) in [6.07, 6.45) is 0. The van der Waals surface area contributed by atoms with E-state index in [1.165, 1.54) is 7.11 Å². The fourth-order valence-electron chi connectivity index (χ4n) is 3.16. The molecule has 0 radical (unpaired) electrons. The number of benzene rings is 2. The van der Waals surface area contributed by atoms with Gasteiger partial charge in [-0.15, -0.1) is 0 Å². The van der Waals surface area contributed by atoms with E-state index < -0.39 is 10.0 Å². The summed E-state index contributed by atoms with van der Waals surface area (Å²) in [6, 6.07) is 14.3. The predicted octanol–water partition coefficient (Wildman–Crippen LogP) is 2.29. The SMILES string of the molecule is COC(=O)c1cccc(CN2CCN(S(=O)(=O)c3ccc(C)cc3)CC2)c1. The molecule has 6 nitrogen and oxygen atoms in total. The van der Waals surface area contributed by atoms with E-state index in [-0.39, 0.29) is 5.97 Å². The molecule has 2 aromatic rings. The summed E-state index contributed by atoms with van der Waals surface area (Å²) in [5.74, 6) is -0.356. The number of ether oxygens (including phenoxy) is 1. The highest BCUT2D eigenvalue weighted by Crippen LogP contribution is 2.19. The summed E-state index contributed by atoms with van der Waals surface area (Å²) in [6.45, 7) is 4.80. The molecule has 7 heteroatoms. The van der Waals surface area contributed by atoms with Crippen molar-refractivity contribution in [1.82, 2.24) is 9.21 Å². The predicted molar refractivity (Wildman–Crippen MR) is 103 cm³/mol. The van der Waals surface area contributed by atoms with Gasteiger partial charge in [0.25, 0.3) is 0 Å². The maximum absolute atomic E-state index is 12.8. The van der Waals surface area contributed by atoms with Crippen LogP contribution in [0.2, 0.25) is 0 Å². The van der Waals surface area contributed by atoms with Crippen molar-refractivity contribution in [3.8, 4) is 0 Å². The van der Waals surface area contributed by atoms with Crippen LogP contribution >= 0.6 is 0 Å². The lowest BCUT2D eigenvalue weighted by atomic mass is 10.1. The van der Waals surface area contributed by atoms with Crippen LogP contribution in [0.15, 0.2) is 53.4 Å². The van der Waals surface area contributed by atoms with E-state index in [4.69, 9.17) is 4.74 Å². The van der Waals surface area contributed by atoms with Crippen molar-refractivity contribution in [3.63, 3.8) is 0 Å². The zero-order valence-corrected chi connectivity index (χ0v) is 16.4. The first kappa shape index (κ1) is 19.5. The molecule has 0 amide bonds. The van der Waals surface area contributed by atoms with Gasteiger partial charge in [0.15, 0.2) is 0 Å². The molecule has 1 aliphatic heterocycles. The van der Waals surface area contributed by atoms with Crippen molar-refractivity contribution in [2.45, 2.75) is 18.4 Å². The third kappa shape index (κ3) is 4.55. The number of esters is 1. The van der Waals surface area contributed by atoms with E-state index >= 15 is 0 Å². The summed E-state index contributed by atoms with van der Waals surface area (Å²) in [4.78, 5) is 14.2. The molecule has 3 rings (SSSR count). The first-order valence-corrected chi connectivity index (χ1v) is 10.3. The molecule has 0 atom stereocenters. The van der Waals surface area contributed by atoms with Crippen LogP contribution in [-0.4, -0.2) is 56.9 Å². The Morgan fingerprint density at radius 2 is 1.70 bits per heavy atom.